The van der Waals surface area contributed by atoms with Gasteiger partial charge in [0.05, 0.1) is 26.4 Å². The summed E-state index contributed by atoms with van der Waals surface area (Å²) in [6, 6.07) is 10.2. The Balaban J connectivity index is 0.00000264. The van der Waals surface area contributed by atoms with Gasteiger partial charge in [0.1, 0.15) is 6.10 Å². The molecule has 0 aromatic heterocycles. The lowest BCUT2D eigenvalue weighted by Crippen LogP contribution is -3.00. The molecule has 0 radical (unpaired) electrons. The summed E-state index contributed by atoms with van der Waals surface area (Å²) in [6.07, 6.45) is 3.97. The van der Waals surface area contributed by atoms with Crippen LogP contribution in [0.1, 0.15) is 31.7 Å². The minimum Gasteiger partial charge on any atom is -1.00 e. The quantitative estimate of drug-likeness (QED) is 0.521. The number of halogens is 1. The fourth-order valence-corrected chi connectivity index (χ4v) is 2.51. The van der Waals surface area contributed by atoms with Gasteiger partial charge in [-0.25, -0.2) is 0 Å². The molecule has 1 unspecified atom stereocenters. The van der Waals surface area contributed by atoms with E-state index in [0.717, 1.165) is 6.54 Å². The molecule has 4 heteroatoms. The second-order valence-electron chi connectivity index (χ2n) is 5.71. The van der Waals surface area contributed by atoms with Crippen LogP contribution in [0.4, 0.5) is 0 Å². The maximum atomic E-state index is 5.65. The number of piperidine rings is 1. The van der Waals surface area contributed by atoms with Crippen molar-refractivity contribution in [3.05, 3.63) is 35.9 Å². The third-order valence-electron chi connectivity index (χ3n) is 3.76. The summed E-state index contributed by atoms with van der Waals surface area (Å²) in [5.74, 6) is 6.40. The Morgan fingerprint density at radius 2 is 1.83 bits per heavy atom. The van der Waals surface area contributed by atoms with Crippen molar-refractivity contribution in [1.82, 2.24) is 4.90 Å². The first-order valence-corrected chi connectivity index (χ1v) is 8.28. The highest BCUT2D eigenvalue weighted by atomic mass is 35.5. The van der Waals surface area contributed by atoms with Gasteiger partial charge in [-0.2, -0.15) is 0 Å². The number of likely N-dealkylation sites (tertiary alicyclic amines) is 1. The highest BCUT2D eigenvalue weighted by Crippen LogP contribution is 2.07. The SMILES string of the molecule is CC(C#CCN1CCCCC1)OCCOCc1ccccc1.[Cl-]. The molecule has 0 spiro atoms. The molecule has 3 nitrogen and oxygen atoms in total. The molecule has 23 heavy (non-hydrogen) atoms. The van der Waals surface area contributed by atoms with Gasteiger partial charge < -0.3 is 21.9 Å². The molecule has 0 amide bonds. The minimum atomic E-state index is -0.0230. The number of ether oxygens (including phenoxy) is 2. The van der Waals surface area contributed by atoms with E-state index in [2.05, 4.69) is 28.9 Å². The lowest BCUT2D eigenvalue weighted by molar-refractivity contribution is -0.00000619. The summed E-state index contributed by atoms with van der Waals surface area (Å²) in [7, 11) is 0. The topological polar surface area (TPSA) is 21.7 Å². The molecule has 1 aromatic carbocycles. The summed E-state index contributed by atoms with van der Waals surface area (Å²) in [4.78, 5) is 2.42. The third kappa shape index (κ3) is 8.98. The molecular formula is C19H27ClNO2-. The normalized spacial score (nSPS) is 16.0. The fraction of sp³-hybridized carbons (Fsp3) is 0.579. The van der Waals surface area contributed by atoms with Crippen LogP contribution in [0, 0.1) is 11.8 Å². The van der Waals surface area contributed by atoms with E-state index in [4.69, 9.17) is 9.47 Å². The second-order valence-corrected chi connectivity index (χ2v) is 5.71. The average Bonchev–Trinajstić information content (AvgIpc) is 2.56. The Labute approximate surface area is 146 Å². The number of benzene rings is 1. The van der Waals surface area contributed by atoms with E-state index in [1.54, 1.807) is 0 Å². The van der Waals surface area contributed by atoms with Crippen LogP contribution in [0.2, 0.25) is 0 Å². The van der Waals surface area contributed by atoms with Gasteiger partial charge in [0, 0.05) is 0 Å². The highest BCUT2D eigenvalue weighted by Gasteiger charge is 2.07. The van der Waals surface area contributed by atoms with E-state index in [1.165, 1.54) is 37.9 Å². The number of hydrogen-bond donors (Lipinski definition) is 0. The van der Waals surface area contributed by atoms with Crippen LogP contribution < -0.4 is 12.4 Å². The second kappa shape index (κ2) is 12.4. The fourth-order valence-electron chi connectivity index (χ4n) is 2.51. The van der Waals surface area contributed by atoms with Gasteiger partial charge in [-0.05, 0) is 38.4 Å². The Morgan fingerprint density at radius 1 is 1.09 bits per heavy atom. The summed E-state index contributed by atoms with van der Waals surface area (Å²) in [5, 5.41) is 0. The standard InChI is InChI=1S/C19H27NO2.ClH/c1-18(9-8-14-20-12-6-3-7-13-20)22-16-15-21-17-19-10-4-2-5-11-19;/h2,4-5,10-11,18H,3,6-7,12-17H2,1H3;1H/p-1. The molecule has 0 N–H and O–H groups in total. The van der Waals surface area contributed by atoms with Gasteiger partial charge >= 0.3 is 0 Å². The molecule has 1 heterocycles. The zero-order valence-electron chi connectivity index (χ0n) is 14.0. The van der Waals surface area contributed by atoms with Crippen molar-refractivity contribution < 1.29 is 21.9 Å². The molecule has 2 rings (SSSR count). The monoisotopic (exact) mass is 336 g/mol. The van der Waals surface area contributed by atoms with Gasteiger partial charge in [-0.1, -0.05) is 48.6 Å². The number of rotatable bonds is 7. The van der Waals surface area contributed by atoms with Crippen LogP contribution in [0.25, 0.3) is 0 Å². The summed E-state index contributed by atoms with van der Waals surface area (Å²) >= 11 is 0. The van der Waals surface area contributed by atoms with E-state index in [-0.39, 0.29) is 18.5 Å². The molecule has 1 saturated heterocycles. The van der Waals surface area contributed by atoms with Crippen molar-refractivity contribution in [1.29, 1.82) is 0 Å². The predicted molar refractivity (Wildman–Crippen MR) is 89.6 cm³/mol. The molecule has 1 aliphatic heterocycles. The van der Waals surface area contributed by atoms with Crippen molar-refractivity contribution in [2.24, 2.45) is 0 Å². The molecule has 1 atom stereocenters. The highest BCUT2D eigenvalue weighted by molar-refractivity contribution is 5.13. The van der Waals surface area contributed by atoms with Crippen LogP contribution in [-0.4, -0.2) is 43.9 Å². The Kier molecular flexibility index (Phi) is 10.8. The van der Waals surface area contributed by atoms with Crippen molar-refractivity contribution in [3.63, 3.8) is 0 Å². The number of nitrogens with zero attached hydrogens (tertiary/aromatic N) is 1. The molecule has 1 fully saturated rings. The van der Waals surface area contributed by atoms with Crippen LogP contribution in [0.15, 0.2) is 30.3 Å². The smallest absolute Gasteiger partial charge is 0.115 e. The zero-order valence-corrected chi connectivity index (χ0v) is 14.7. The molecular weight excluding hydrogens is 310 g/mol. The van der Waals surface area contributed by atoms with Gasteiger partial charge in [0.25, 0.3) is 0 Å². The summed E-state index contributed by atoms with van der Waals surface area (Å²) in [6.45, 7) is 7.09. The van der Waals surface area contributed by atoms with Crippen molar-refractivity contribution in [2.75, 3.05) is 32.8 Å². The largest absolute Gasteiger partial charge is 1.00 e. The lowest BCUT2D eigenvalue weighted by atomic mass is 10.1. The zero-order chi connectivity index (χ0) is 15.5. The lowest BCUT2D eigenvalue weighted by Gasteiger charge is -2.23. The van der Waals surface area contributed by atoms with Crippen molar-refractivity contribution in [3.8, 4) is 11.8 Å². The molecule has 0 saturated carbocycles. The van der Waals surface area contributed by atoms with Crippen molar-refractivity contribution in [2.45, 2.75) is 38.9 Å². The first-order valence-electron chi connectivity index (χ1n) is 8.28. The van der Waals surface area contributed by atoms with Gasteiger partial charge in [-0.15, -0.1) is 0 Å². The third-order valence-corrected chi connectivity index (χ3v) is 3.76. The molecule has 128 valence electrons. The number of hydrogen-bond acceptors (Lipinski definition) is 3. The Morgan fingerprint density at radius 3 is 2.57 bits per heavy atom. The predicted octanol–water partition coefficient (Wildman–Crippen LogP) is 0.102. The molecule has 1 aliphatic rings. The van der Waals surface area contributed by atoms with Crippen LogP contribution in [-0.2, 0) is 16.1 Å². The molecule has 0 bridgehead atoms. The Bertz CT molecular complexity index is 463. The van der Waals surface area contributed by atoms with E-state index >= 15 is 0 Å². The van der Waals surface area contributed by atoms with Crippen LogP contribution in [0.3, 0.4) is 0 Å². The molecule has 0 aliphatic carbocycles. The van der Waals surface area contributed by atoms with Gasteiger partial charge in [0.15, 0.2) is 0 Å². The first kappa shape index (κ1) is 20.0. The first-order chi connectivity index (χ1) is 10.8. The summed E-state index contributed by atoms with van der Waals surface area (Å²) < 4.78 is 11.2. The average molecular weight is 337 g/mol. The van der Waals surface area contributed by atoms with Crippen molar-refractivity contribution >= 4 is 0 Å². The minimum absolute atomic E-state index is 0. The van der Waals surface area contributed by atoms with E-state index in [1.807, 2.05) is 25.1 Å². The van der Waals surface area contributed by atoms with E-state index < -0.39 is 0 Å². The van der Waals surface area contributed by atoms with Gasteiger partial charge in [-0.3, -0.25) is 4.90 Å². The Hall–Kier alpha value is -1.05. The van der Waals surface area contributed by atoms with E-state index in [9.17, 15) is 0 Å². The molecule has 1 aromatic rings. The maximum Gasteiger partial charge on any atom is 0.115 e. The van der Waals surface area contributed by atoms with Gasteiger partial charge in [0.2, 0.25) is 0 Å². The summed E-state index contributed by atoms with van der Waals surface area (Å²) in [5.41, 5.74) is 1.19. The maximum absolute atomic E-state index is 5.65. The van der Waals surface area contributed by atoms with Crippen LogP contribution >= 0.6 is 0 Å². The van der Waals surface area contributed by atoms with Crippen LogP contribution in [0.5, 0.6) is 0 Å². The van der Waals surface area contributed by atoms with E-state index in [0.29, 0.717) is 19.8 Å².